The van der Waals surface area contributed by atoms with E-state index >= 15 is 0 Å². The van der Waals surface area contributed by atoms with Crippen molar-refractivity contribution >= 4 is 11.8 Å². The Balaban J connectivity index is 1.48. The number of aryl methyl sites for hydroxylation is 1. The third-order valence-corrected chi connectivity index (χ3v) is 4.60. The van der Waals surface area contributed by atoms with Gasteiger partial charge >= 0.3 is 0 Å². The lowest BCUT2D eigenvalue weighted by Crippen LogP contribution is -2.61. The first-order valence-electron chi connectivity index (χ1n) is 7.25. The number of hydrogen-bond acceptors (Lipinski definition) is 6. The highest BCUT2D eigenvalue weighted by molar-refractivity contribution is 5.89. The molecule has 5 rings (SSSR count). The number of aliphatic imine (C=N–C) groups is 1. The van der Waals surface area contributed by atoms with Crippen molar-refractivity contribution < 1.29 is 4.74 Å². The van der Waals surface area contributed by atoms with Gasteiger partial charge < -0.3 is 4.74 Å². The summed E-state index contributed by atoms with van der Waals surface area (Å²) >= 11 is 0. The summed E-state index contributed by atoms with van der Waals surface area (Å²) in [4.78, 5) is 15.5. The minimum atomic E-state index is -0.101. The maximum atomic E-state index is 6.20. The minimum absolute atomic E-state index is 0.101. The Morgan fingerprint density at radius 3 is 2.90 bits per heavy atom. The molecule has 3 saturated heterocycles. The fourth-order valence-corrected chi connectivity index (χ4v) is 3.58. The molecule has 0 saturated carbocycles. The summed E-state index contributed by atoms with van der Waals surface area (Å²) in [5.74, 6) is 1.33. The predicted molar refractivity (Wildman–Crippen MR) is 75.7 cm³/mol. The number of anilines is 1. The normalized spacial score (nSPS) is 35.0. The molecular weight excluding hydrogens is 254 g/mol. The predicted octanol–water partition coefficient (Wildman–Crippen LogP) is 1.05. The topological polar surface area (TPSA) is 62.6 Å². The van der Waals surface area contributed by atoms with Gasteiger partial charge in [-0.2, -0.15) is 0 Å². The number of nitrogens with zero attached hydrogens (tertiary/aromatic N) is 4. The summed E-state index contributed by atoms with van der Waals surface area (Å²) in [6, 6.07) is 0.596. The number of aromatic nitrogens is 2. The monoisotopic (exact) mass is 273 g/mol. The van der Waals surface area contributed by atoms with Gasteiger partial charge in [-0.05, 0) is 32.9 Å². The van der Waals surface area contributed by atoms with Crippen LogP contribution in [0.1, 0.15) is 18.5 Å². The van der Waals surface area contributed by atoms with Crippen LogP contribution in [0.5, 0.6) is 0 Å². The molecule has 6 nitrogen and oxygen atoms in total. The van der Waals surface area contributed by atoms with Gasteiger partial charge in [-0.1, -0.05) is 0 Å². The smallest absolute Gasteiger partial charge is 0.291 e. The van der Waals surface area contributed by atoms with E-state index in [-0.39, 0.29) is 5.60 Å². The van der Waals surface area contributed by atoms with Crippen LogP contribution in [-0.4, -0.2) is 52.7 Å². The molecule has 6 heteroatoms. The largest absolute Gasteiger partial charge is 0.455 e. The van der Waals surface area contributed by atoms with Crippen molar-refractivity contribution in [2.75, 3.05) is 31.5 Å². The number of ether oxygens (including phenoxy) is 1. The third-order valence-electron chi connectivity index (χ3n) is 4.60. The molecule has 0 aliphatic carbocycles. The van der Waals surface area contributed by atoms with Crippen LogP contribution in [0.15, 0.2) is 17.4 Å². The lowest BCUT2D eigenvalue weighted by Gasteiger charge is -2.50. The van der Waals surface area contributed by atoms with Crippen molar-refractivity contribution in [3.63, 3.8) is 0 Å². The molecule has 0 aromatic carbocycles. The molecule has 106 valence electrons. The van der Waals surface area contributed by atoms with Gasteiger partial charge in [-0.15, -0.1) is 0 Å². The third kappa shape index (κ3) is 1.95. The van der Waals surface area contributed by atoms with Crippen LogP contribution in [-0.2, 0) is 4.74 Å². The van der Waals surface area contributed by atoms with Gasteiger partial charge in [-0.25, -0.2) is 9.98 Å². The Kier molecular flexibility index (Phi) is 2.66. The Hall–Kier alpha value is -1.69. The number of amidine groups is 1. The van der Waals surface area contributed by atoms with E-state index in [1.165, 1.54) is 25.9 Å². The second-order valence-corrected chi connectivity index (χ2v) is 6.01. The van der Waals surface area contributed by atoms with Crippen LogP contribution < -0.4 is 5.32 Å². The van der Waals surface area contributed by atoms with E-state index in [0.717, 1.165) is 18.8 Å². The van der Waals surface area contributed by atoms with E-state index in [0.29, 0.717) is 17.8 Å². The molecule has 0 radical (unpaired) electrons. The molecule has 4 aliphatic rings. The Morgan fingerprint density at radius 2 is 2.20 bits per heavy atom. The van der Waals surface area contributed by atoms with E-state index in [1.54, 1.807) is 12.4 Å². The first-order chi connectivity index (χ1) is 9.73. The summed E-state index contributed by atoms with van der Waals surface area (Å²) in [7, 11) is 0. The molecule has 0 amide bonds. The molecule has 1 aromatic rings. The quantitative estimate of drug-likeness (QED) is 0.828. The average Bonchev–Trinajstić information content (AvgIpc) is 2.83. The number of rotatable bonds is 1. The maximum absolute atomic E-state index is 6.20. The second kappa shape index (κ2) is 4.41. The van der Waals surface area contributed by atoms with Gasteiger partial charge in [0.1, 0.15) is 5.60 Å². The van der Waals surface area contributed by atoms with Gasteiger partial charge in [0.2, 0.25) is 0 Å². The van der Waals surface area contributed by atoms with Gasteiger partial charge in [0.05, 0.1) is 18.4 Å². The zero-order chi connectivity index (χ0) is 13.6. The minimum Gasteiger partial charge on any atom is -0.455 e. The van der Waals surface area contributed by atoms with Gasteiger partial charge in [0.15, 0.2) is 5.82 Å². The summed E-state index contributed by atoms with van der Waals surface area (Å²) in [6.45, 7) is 6.11. The number of fused-ring (bicyclic) bond motifs is 2. The van der Waals surface area contributed by atoms with Crippen molar-refractivity contribution in [3.8, 4) is 0 Å². The average molecular weight is 273 g/mol. The Labute approximate surface area is 118 Å². The van der Waals surface area contributed by atoms with E-state index in [4.69, 9.17) is 4.74 Å². The van der Waals surface area contributed by atoms with Gasteiger partial charge in [0.25, 0.3) is 6.02 Å². The fraction of sp³-hybridized carbons (Fsp3) is 0.643. The summed E-state index contributed by atoms with van der Waals surface area (Å²) in [6.07, 6.45) is 5.89. The van der Waals surface area contributed by atoms with Crippen LogP contribution in [0.25, 0.3) is 0 Å². The van der Waals surface area contributed by atoms with Crippen LogP contribution in [0.2, 0.25) is 0 Å². The van der Waals surface area contributed by atoms with Crippen LogP contribution >= 0.6 is 0 Å². The van der Waals surface area contributed by atoms with E-state index < -0.39 is 0 Å². The zero-order valence-electron chi connectivity index (χ0n) is 11.7. The lowest BCUT2D eigenvalue weighted by atomic mass is 9.75. The molecule has 20 heavy (non-hydrogen) atoms. The van der Waals surface area contributed by atoms with E-state index in [1.807, 2.05) is 6.92 Å². The fourth-order valence-electron chi connectivity index (χ4n) is 3.58. The molecule has 1 aromatic heterocycles. The molecule has 1 N–H and O–H groups in total. The summed E-state index contributed by atoms with van der Waals surface area (Å²) in [5, 5.41) is 3.15. The van der Waals surface area contributed by atoms with Crippen LogP contribution in [0, 0.1) is 12.8 Å². The number of hydrogen-bond donors (Lipinski definition) is 1. The molecule has 0 unspecified atom stereocenters. The maximum Gasteiger partial charge on any atom is 0.291 e. The molecule has 2 bridgehead atoms. The molecular formula is C14H19N5O. The Morgan fingerprint density at radius 1 is 1.35 bits per heavy atom. The van der Waals surface area contributed by atoms with Gasteiger partial charge in [0, 0.05) is 18.7 Å². The molecule has 1 atom stereocenters. The first kappa shape index (κ1) is 12.1. The second-order valence-electron chi connectivity index (χ2n) is 6.01. The van der Waals surface area contributed by atoms with Crippen molar-refractivity contribution in [3.05, 3.63) is 18.1 Å². The standard InChI is InChI=1S/C14H19N5O/c1-10-6-15-7-12(17-10)18-13-16-8-14(20-13)9-19-4-2-11(14)3-5-19/h6-7,11H,2-5,8-9H2,1H3,(H,16,17,18)/t14-/m0/s1. The highest BCUT2D eigenvalue weighted by atomic mass is 16.5. The van der Waals surface area contributed by atoms with Gasteiger partial charge in [-0.3, -0.25) is 15.2 Å². The molecule has 1 spiro atoms. The zero-order valence-corrected chi connectivity index (χ0v) is 11.7. The van der Waals surface area contributed by atoms with E-state index in [9.17, 15) is 0 Å². The molecule has 4 aliphatic heterocycles. The summed E-state index contributed by atoms with van der Waals surface area (Å²) < 4.78 is 6.20. The molecule has 5 heterocycles. The molecule has 3 fully saturated rings. The van der Waals surface area contributed by atoms with Crippen molar-refractivity contribution in [1.29, 1.82) is 0 Å². The Bertz CT molecular complexity index is 552. The number of piperidine rings is 3. The van der Waals surface area contributed by atoms with Crippen LogP contribution in [0.3, 0.4) is 0 Å². The highest BCUT2D eigenvalue weighted by Crippen LogP contribution is 2.40. The van der Waals surface area contributed by atoms with Crippen molar-refractivity contribution in [2.45, 2.75) is 25.4 Å². The number of nitrogens with one attached hydrogen (secondary N) is 1. The SMILES string of the molecule is Cc1cncc(NC2=NC[C@@]3(CN4CCC3CC4)O2)n1. The van der Waals surface area contributed by atoms with Crippen molar-refractivity contribution in [2.24, 2.45) is 10.9 Å². The van der Waals surface area contributed by atoms with E-state index in [2.05, 4.69) is 25.2 Å². The van der Waals surface area contributed by atoms with Crippen molar-refractivity contribution in [1.82, 2.24) is 14.9 Å². The highest BCUT2D eigenvalue weighted by Gasteiger charge is 2.51. The summed E-state index contributed by atoms with van der Waals surface area (Å²) in [5.41, 5.74) is 0.780. The first-order valence-corrected chi connectivity index (χ1v) is 7.25. The lowest BCUT2D eigenvalue weighted by molar-refractivity contribution is -0.0829. The van der Waals surface area contributed by atoms with Crippen LogP contribution in [0.4, 0.5) is 5.82 Å².